The number of carboxylic acids is 1. The SMILES string of the molecule is O=C(CC1C=CCC1)Nc1ccc2oc(C(=O)O)cc2c1. The second kappa shape index (κ2) is 5.44. The Kier molecular flexibility index (Phi) is 3.48. The van der Waals surface area contributed by atoms with Crippen LogP contribution >= 0.6 is 0 Å². The number of hydrogen-bond acceptors (Lipinski definition) is 3. The molecule has 1 unspecified atom stereocenters. The highest BCUT2D eigenvalue weighted by molar-refractivity contribution is 5.96. The number of nitrogens with one attached hydrogen (secondary N) is 1. The van der Waals surface area contributed by atoms with Crippen LogP contribution < -0.4 is 5.32 Å². The zero-order valence-corrected chi connectivity index (χ0v) is 11.3. The number of carbonyl (C=O) groups is 2. The predicted molar refractivity (Wildman–Crippen MR) is 78.3 cm³/mol. The number of rotatable bonds is 4. The molecular formula is C16H15NO4. The van der Waals surface area contributed by atoms with Crippen molar-refractivity contribution >= 4 is 28.5 Å². The monoisotopic (exact) mass is 285 g/mol. The second-order valence-corrected chi connectivity index (χ2v) is 5.19. The summed E-state index contributed by atoms with van der Waals surface area (Å²) in [4.78, 5) is 22.8. The third kappa shape index (κ3) is 2.97. The number of hydrogen-bond donors (Lipinski definition) is 2. The Morgan fingerprint density at radius 2 is 2.19 bits per heavy atom. The summed E-state index contributed by atoms with van der Waals surface area (Å²) in [6.07, 6.45) is 6.72. The molecule has 2 aromatic rings. The Morgan fingerprint density at radius 3 is 2.90 bits per heavy atom. The van der Waals surface area contributed by atoms with Gasteiger partial charge in [0.25, 0.3) is 0 Å². The number of fused-ring (bicyclic) bond motifs is 1. The molecule has 108 valence electrons. The second-order valence-electron chi connectivity index (χ2n) is 5.19. The number of furan rings is 1. The molecule has 1 aromatic carbocycles. The lowest BCUT2D eigenvalue weighted by Gasteiger charge is -2.08. The van der Waals surface area contributed by atoms with Crippen LogP contribution in [0, 0.1) is 5.92 Å². The molecule has 0 saturated heterocycles. The van der Waals surface area contributed by atoms with E-state index in [1.165, 1.54) is 6.07 Å². The molecule has 1 atom stereocenters. The maximum atomic E-state index is 12.0. The van der Waals surface area contributed by atoms with Crippen LogP contribution in [0.2, 0.25) is 0 Å². The highest BCUT2D eigenvalue weighted by atomic mass is 16.4. The first-order valence-corrected chi connectivity index (χ1v) is 6.85. The quantitative estimate of drug-likeness (QED) is 0.843. The summed E-state index contributed by atoms with van der Waals surface area (Å²) < 4.78 is 5.18. The van der Waals surface area contributed by atoms with Crippen LogP contribution in [0.5, 0.6) is 0 Å². The third-order valence-corrected chi connectivity index (χ3v) is 3.57. The average molecular weight is 285 g/mol. The van der Waals surface area contributed by atoms with Gasteiger partial charge in [-0.25, -0.2) is 4.79 Å². The molecule has 2 N–H and O–H groups in total. The number of benzene rings is 1. The van der Waals surface area contributed by atoms with Crippen LogP contribution in [0.1, 0.15) is 29.8 Å². The van der Waals surface area contributed by atoms with E-state index in [0.29, 0.717) is 29.0 Å². The molecule has 21 heavy (non-hydrogen) atoms. The molecule has 3 rings (SSSR count). The Bertz CT molecular complexity index is 729. The summed E-state index contributed by atoms with van der Waals surface area (Å²) in [5.41, 5.74) is 1.14. The zero-order chi connectivity index (χ0) is 14.8. The van der Waals surface area contributed by atoms with Gasteiger partial charge in [-0.15, -0.1) is 0 Å². The van der Waals surface area contributed by atoms with Crippen molar-refractivity contribution in [2.24, 2.45) is 5.92 Å². The van der Waals surface area contributed by atoms with Crippen LogP contribution in [-0.2, 0) is 4.79 Å². The van der Waals surface area contributed by atoms with E-state index in [1.54, 1.807) is 18.2 Å². The number of anilines is 1. The van der Waals surface area contributed by atoms with E-state index in [2.05, 4.69) is 17.5 Å². The van der Waals surface area contributed by atoms with Gasteiger partial charge < -0.3 is 14.8 Å². The van der Waals surface area contributed by atoms with Gasteiger partial charge >= 0.3 is 5.97 Å². The standard InChI is InChI=1S/C16H15NO4/c18-15(7-10-3-1-2-4-10)17-12-5-6-13-11(8-12)9-14(21-13)16(19)20/h1,3,5-6,8-10H,2,4,7H2,(H,17,18)(H,19,20). The summed E-state index contributed by atoms with van der Waals surface area (Å²) in [7, 11) is 0. The highest BCUT2D eigenvalue weighted by Crippen LogP contribution is 2.24. The van der Waals surface area contributed by atoms with E-state index in [1.807, 2.05) is 0 Å². The van der Waals surface area contributed by atoms with E-state index < -0.39 is 5.97 Å². The van der Waals surface area contributed by atoms with Gasteiger partial charge in [-0.05, 0) is 43.0 Å². The molecule has 5 heteroatoms. The largest absolute Gasteiger partial charge is 0.475 e. The van der Waals surface area contributed by atoms with Gasteiger partial charge in [-0.1, -0.05) is 12.2 Å². The van der Waals surface area contributed by atoms with Gasteiger partial charge in [0.15, 0.2) is 0 Å². The first kappa shape index (κ1) is 13.4. The molecule has 0 aliphatic heterocycles. The Labute approximate surface area is 121 Å². The molecule has 1 heterocycles. The molecule has 1 aliphatic rings. The Hall–Kier alpha value is -2.56. The molecule has 0 bridgehead atoms. The molecule has 1 aromatic heterocycles. The minimum Gasteiger partial charge on any atom is -0.475 e. The molecule has 0 saturated carbocycles. The van der Waals surface area contributed by atoms with Crippen molar-refractivity contribution in [2.75, 3.05) is 5.32 Å². The fourth-order valence-corrected chi connectivity index (χ4v) is 2.54. The number of carbonyl (C=O) groups excluding carboxylic acids is 1. The third-order valence-electron chi connectivity index (χ3n) is 3.57. The maximum absolute atomic E-state index is 12.0. The van der Waals surface area contributed by atoms with Crippen molar-refractivity contribution < 1.29 is 19.1 Å². The first-order chi connectivity index (χ1) is 10.1. The minimum absolute atomic E-state index is 0.0344. The van der Waals surface area contributed by atoms with Gasteiger partial charge in [-0.3, -0.25) is 4.79 Å². The molecule has 1 amide bonds. The van der Waals surface area contributed by atoms with Crippen LogP contribution in [0.3, 0.4) is 0 Å². The minimum atomic E-state index is -1.11. The molecular weight excluding hydrogens is 270 g/mol. The Morgan fingerprint density at radius 1 is 1.33 bits per heavy atom. The van der Waals surface area contributed by atoms with Crippen molar-refractivity contribution in [2.45, 2.75) is 19.3 Å². The Balaban J connectivity index is 1.73. The molecule has 1 aliphatic carbocycles. The fraction of sp³-hybridized carbons (Fsp3) is 0.250. The number of amides is 1. The molecule has 0 fully saturated rings. The zero-order valence-electron chi connectivity index (χ0n) is 11.3. The summed E-state index contributed by atoms with van der Waals surface area (Å²) in [6.45, 7) is 0. The number of carboxylic acid groups (broad SMARTS) is 1. The first-order valence-electron chi connectivity index (χ1n) is 6.85. The van der Waals surface area contributed by atoms with Crippen LogP contribution in [-0.4, -0.2) is 17.0 Å². The van der Waals surface area contributed by atoms with Gasteiger partial charge in [0.05, 0.1) is 0 Å². The molecule has 5 nitrogen and oxygen atoms in total. The summed E-state index contributed by atoms with van der Waals surface area (Å²) in [5.74, 6) is -0.927. The normalized spacial score (nSPS) is 17.2. The fourth-order valence-electron chi connectivity index (χ4n) is 2.54. The summed E-state index contributed by atoms with van der Waals surface area (Å²) in [5, 5.41) is 12.4. The average Bonchev–Trinajstić information content (AvgIpc) is 3.06. The lowest BCUT2D eigenvalue weighted by molar-refractivity contribution is -0.116. The van der Waals surface area contributed by atoms with E-state index in [-0.39, 0.29) is 11.7 Å². The van der Waals surface area contributed by atoms with Gasteiger partial charge in [0.2, 0.25) is 11.7 Å². The van der Waals surface area contributed by atoms with Gasteiger partial charge in [-0.2, -0.15) is 0 Å². The highest BCUT2D eigenvalue weighted by Gasteiger charge is 2.15. The lowest BCUT2D eigenvalue weighted by Crippen LogP contribution is -2.14. The van der Waals surface area contributed by atoms with E-state index in [9.17, 15) is 9.59 Å². The maximum Gasteiger partial charge on any atom is 0.371 e. The van der Waals surface area contributed by atoms with Crippen molar-refractivity contribution in [3.05, 3.63) is 42.2 Å². The predicted octanol–water partition coefficient (Wildman–Crippen LogP) is 3.43. The van der Waals surface area contributed by atoms with Crippen molar-refractivity contribution in [1.82, 2.24) is 0 Å². The van der Waals surface area contributed by atoms with Crippen molar-refractivity contribution in [3.8, 4) is 0 Å². The smallest absolute Gasteiger partial charge is 0.371 e. The summed E-state index contributed by atoms with van der Waals surface area (Å²) >= 11 is 0. The molecule has 0 spiro atoms. The van der Waals surface area contributed by atoms with Gasteiger partial charge in [0.1, 0.15) is 5.58 Å². The van der Waals surface area contributed by atoms with Crippen LogP contribution in [0.15, 0.2) is 40.8 Å². The number of allylic oxidation sites excluding steroid dienone is 2. The number of aromatic carboxylic acids is 1. The van der Waals surface area contributed by atoms with Crippen molar-refractivity contribution in [3.63, 3.8) is 0 Å². The summed E-state index contributed by atoms with van der Waals surface area (Å²) in [6, 6.07) is 6.54. The topological polar surface area (TPSA) is 79.5 Å². The van der Waals surface area contributed by atoms with Crippen LogP contribution in [0.25, 0.3) is 11.0 Å². The van der Waals surface area contributed by atoms with E-state index in [4.69, 9.17) is 9.52 Å². The van der Waals surface area contributed by atoms with E-state index in [0.717, 1.165) is 12.8 Å². The molecule has 0 radical (unpaired) electrons. The lowest BCUT2D eigenvalue weighted by atomic mass is 10.0. The van der Waals surface area contributed by atoms with E-state index >= 15 is 0 Å². The van der Waals surface area contributed by atoms with Crippen LogP contribution in [0.4, 0.5) is 5.69 Å². The van der Waals surface area contributed by atoms with Crippen molar-refractivity contribution in [1.29, 1.82) is 0 Å². The van der Waals surface area contributed by atoms with Gasteiger partial charge in [0, 0.05) is 17.5 Å².